The summed E-state index contributed by atoms with van der Waals surface area (Å²) in [6, 6.07) is 10.2. The summed E-state index contributed by atoms with van der Waals surface area (Å²) in [4.78, 5) is 15.5. The van der Waals surface area contributed by atoms with Gasteiger partial charge in [0, 0.05) is 17.8 Å². The summed E-state index contributed by atoms with van der Waals surface area (Å²) in [6.45, 7) is -2.09. The zero-order chi connectivity index (χ0) is 20.6. The Morgan fingerprint density at radius 2 is 1.89 bits per heavy atom. The van der Waals surface area contributed by atoms with Gasteiger partial charge in [-0.1, -0.05) is 30.3 Å². The quantitative estimate of drug-likeness (QED) is 0.629. The molecule has 0 aliphatic heterocycles. The molecule has 0 saturated carbocycles. The second kappa shape index (κ2) is 9.90. The van der Waals surface area contributed by atoms with E-state index in [2.05, 4.69) is 15.0 Å². The lowest BCUT2D eigenvalue weighted by molar-refractivity contribution is -0.154. The summed E-state index contributed by atoms with van der Waals surface area (Å²) in [7, 11) is 0. The number of aromatic nitrogens is 1. The summed E-state index contributed by atoms with van der Waals surface area (Å²) in [5.74, 6) is -0.274. The lowest BCUT2D eigenvalue weighted by Gasteiger charge is -2.22. The third-order valence-corrected chi connectivity index (χ3v) is 3.58. The number of hydrogen-bond donors (Lipinski definition) is 3. The maximum Gasteiger partial charge on any atom is 0.422 e. The van der Waals surface area contributed by atoms with E-state index in [4.69, 9.17) is 4.74 Å². The van der Waals surface area contributed by atoms with Crippen molar-refractivity contribution >= 4 is 6.09 Å². The molecule has 0 aliphatic rings. The molecule has 2 aromatic rings. The number of pyridine rings is 1. The van der Waals surface area contributed by atoms with E-state index in [1.165, 1.54) is 6.07 Å². The van der Waals surface area contributed by atoms with Crippen LogP contribution in [0.25, 0.3) is 0 Å². The first-order valence-corrected chi connectivity index (χ1v) is 8.20. The Morgan fingerprint density at radius 3 is 2.46 bits per heavy atom. The van der Waals surface area contributed by atoms with Gasteiger partial charge in [0.25, 0.3) is 0 Å². The van der Waals surface area contributed by atoms with Crippen molar-refractivity contribution < 1.29 is 37.7 Å². The highest BCUT2D eigenvalue weighted by molar-refractivity contribution is 5.67. The molecule has 0 fully saturated rings. The number of rotatable bonds is 8. The highest BCUT2D eigenvalue weighted by Gasteiger charge is 2.29. The Labute approximate surface area is 158 Å². The van der Waals surface area contributed by atoms with Crippen LogP contribution in [0.15, 0.2) is 48.7 Å². The average molecular weight is 400 g/mol. The monoisotopic (exact) mass is 400 g/mol. The van der Waals surface area contributed by atoms with E-state index in [0.717, 1.165) is 17.8 Å². The van der Waals surface area contributed by atoms with Gasteiger partial charge in [-0.25, -0.2) is 9.78 Å². The van der Waals surface area contributed by atoms with Crippen LogP contribution in [0.3, 0.4) is 0 Å². The molecule has 0 aliphatic carbocycles. The Morgan fingerprint density at radius 1 is 1.18 bits per heavy atom. The number of hydrogen-bond acceptors (Lipinski definition) is 6. The van der Waals surface area contributed by atoms with Crippen LogP contribution in [-0.4, -0.2) is 46.7 Å². The van der Waals surface area contributed by atoms with Crippen molar-refractivity contribution in [2.45, 2.75) is 24.9 Å². The molecule has 1 aromatic heterocycles. The van der Waals surface area contributed by atoms with Gasteiger partial charge < -0.3 is 25.0 Å². The molecule has 3 N–H and O–H groups in total. The van der Waals surface area contributed by atoms with Gasteiger partial charge >= 0.3 is 12.3 Å². The Balaban J connectivity index is 1.89. The molecule has 1 heterocycles. The van der Waals surface area contributed by atoms with Crippen LogP contribution in [0.4, 0.5) is 18.0 Å². The SMILES string of the molecule is O=C(N[C@H](CO)C(O)c1ccc(OCC(F)(F)F)nc1)OCc1ccccc1. The smallest absolute Gasteiger partial charge is 0.422 e. The summed E-state index contributed by atoms with van der Waals surface area (Å²) in [5, 5.41) is 22.0. The molecule has 2 atom stereocenters. The fourth-order valence-corrected chi connectivity index (χ4v) is 2.18. The lowest BCUT2D eigenvalue weighted by atomic mass is 10.1. The number of nitrogens with zero attached hydrogens (tertiary/aromatic N) is 1. The standard InChI is InChI=1S/C18H19F3N2O5/c19-18(20,21)11-28-15-7-6-13(8-22-15)16(25)14(9-24)23-17(26)27-10-12-4-2-1-3-5-12/h1-8,14,16,24-25H,9-11H2,(H,23,26)/t14-,16?/m1/s1. The van der Waals surface area contributed by atoms with E-state index in [-0.39, 0.29) is 18.1 Å². The molecule has 0 radical (unpaired) electrons. The number of nitrogens with one attached hydrogen (secondary N) is 1. The largest absolute Gasteiger partial charge is 0.468 e. The topological polar surface area (TPSA) is 101 Å². The Bertz CT molecular complexity index is 741. The van der Waals surface area contributed by atoms with E-state index in [9.17, 15) is 28.2 Å². The summed E-state index contributed by atoms with van der Waals surface area (Å²) in [5.41, 5.74) is 0.930. The number of aliphatic hydroxyl groups is 2. The zero-order valence-corrected chi connectivity index (χ0v) is 14.6. The molecule has 2 rings (SSSR count). The molecule has 152 valence electrons. The van der Waals surface area contributed by atoms with E-state index >= 15 is 0 Å². The molecule has 1 amide bonds. The molecular weight excluding hydrogens is 381 g/mol. The minimum atomic E-state index is -4.49. The maximum absolute atomic E-state index is 12.1. The number of aliphatic hydroxyl groups excluding tert-OH is 2. The van der Waals surface area contributed by atoms with Gasteiger partial charge in [0.2, 0.25) is 5.88 Å². The van der Waals surface area contributed by atoms with Crippen molar-refractivity contribution in [1.82, 2.24) is 10.3 Å². The minimum Gasteiger partial charge on any atom is -0.468 e. The second-order valence-electron chi connectivity index (χ2n) is 5.77. The van der Waals surface area contributed by atoms with Gasteiger partial charge in [0.15, 0.2) is 6.61 Å². The maximum atomic E-state index is 12.1. The van der Waals surface area contributed by atoms with Crippen LogP contribution in [0.1, 0.15) is 17.2 Å². The molecule has 0 spiro atoms. The predicted octanol–water partition coefficient (Wildman–Crippen LogP) is 2.34. The predicted molar refractivity (Wildman–Crippen MR) is 91.4 cm³/mol. The number of halogens is 3. The lowest BCUT2D eigenvalue weighted by Crippen LogP contribution is -2.42. The summed E-state index contributed by atoms with van der Waals surface area (Å²) < 4.78 is 45.9. The van der Waals surface area contributed by atoms with Crippen LogP contribution in [0, 0.1) is 0 Å². The number of alkyl carbamates (subject to hydrolysis) is 1. The van der Waals surface area contributed by atoms with E-state index in [1.807, 2.05) is 6.07 Å². The van der Waals surface area contributed by atoms with Gasteiger partial charge in [0.05, 0.1) is 12.6 Å². The van der Waals surface area contributed by atoms with Crippen molar-refractivity contribution in [2.75, 3.05) is 13.2 Å². The zero-order valence-electron chi connectivity index (χ0n) is 14.6. The molecule has 1 unspecified atom stereocenters. The molecule has 10 heteroatoms. The number of ether oxygens (including phenoxy) is 2. The molecular formula is C18H19F3N2O5. The van der Waals surface area contributed by atoms with E-state index in [1.54, 1.807) is 24.3 Å². The molecule has 0 bridgehead atoms. The molecule has 7 nitrogen and oxygen atoms in total. The third-order valence-electron chi connectivity index (χ3n) is 3.58. The van der Waals surface area contributed by atoms with Crippen molar-refractivity contribution in [3.63, 3.8) is 0 Å². The van der Waals surface area contributed by atoms with Crippen LogP contribution in [-0.2, 0) is 11.3 Å². The second-order valence-corrected chi connectivity index (χ2v) is 5.77. The molecule has 28 heavy (non-hydrogen) atoms. The first kappa shape index (κ1) is 21.5. The van der Waals surface area contributed by atoms with Crippen LogP contribution >= 0.6 is 0 Å². The number of benzene rings is 1. The van der Waals surface area contributed by atoms with Gasteiger partial charge in [-0.3, -0.25) is 0 Å². The first-order valence-electron chi connectivity index (χ1n) is 8.20. The number of carbonyl (C=O) groups excluding carboxylic acids is 1. The molecule has 0 saturated heterocycles. The van der Waals surface area contributed by atoms with Gasteiger partial charge in [0.1, 0.15) is 12.7 Å². The Hall–Kier alpha value is -2.85. The van der Waals surface area contributed by atoms with Gasteiger partial charge in [-0.2, -0.15) is 13.2 Å². The van der Waals surface area contributed by atoms with Gasteiger partial charge in [-0.05, 0) is 11.6 Å². The highest BCUT2D eigenvalue weighted by atomic mass is 19.4. The van der Waals surface area contributed by atoms with Crippen molar-refractivity contribution in [1.29, 1.82) is 0 Å². The van der Waals surface area contributed by atoms with Crippen molar-refractivity contribution in [2.24, 2.45) is 0 Å². The van der Waals surface area contributed by atoms with Gasteiger partial charge in [-0.15, -0.1) is 0 Å². The average Bonchev–Trinajstić information content (AvgIpc) is 2.69. The van der Waals surface area contributed by atoms with E-state index in [0.29, 0.717) is 0 Å². The van der Waals surface area contributed by atoms with Crippen LogP contribution < -0.4 is 10.1 Å². The molecule has 1 aromatic carbocycles. The number of amides is 1. The number of carbonyl (C=O) groups is 1. The summed E-state index contributed by atoms with van der Waals surface area (Å²) in [6.07, 6.45) is -5.61. The van der Waals surface area contributed by atoms with E-state index < -0.39 is 37.6 Å². The fraction of sp³-hybridized carbons (Fsp3) is 0.333. The summed E-state index contributed by atoms with van der Waals surface area (Å²) >= 11 is 0. The number of alkyl halides is 3. The van der Waals surface area contributed by atoms with Crippen molar-refractivity contribution in [3.8, 4) is 5.88 Å². The normalized spacial score (nSPS) is 13.5. The van der Waals surface area contributed by atoms with Crippen LogP contribution in [0.2, 0.25) is 0 Å². The van der Waals surface area contributed by atoms with Crippen LogP contribution in [0.5, 0.6) is 5.88 Å². The van der Waals surface area contributed by atoms with Crippen molar-refractivity contribution in [3.05, 3.63) is 59.8 Å². The highest BCUT2D eigenvalue weighted by Crippen LogP contribution is 2.20. The minimum absolute atomic E-state index is 0.00765. The Kier molecular flexibility index (Phi) is 7.59. The third kappa shape index (κ3) is 7.05. The first-order chi connectivity index (χ1) is 13.3. The fourth-order valence-electron chi connectivity index (χ4n) is 2.18.